The molecule has 2 aromatic carbocycles. The molecule has 0 radical (unpaired) electrons. The number of aromatic nitrogens is 3. The Balaban J connectivity index is 1.43. The van der Waals surface area contributed by atoms with E-state index in [-0.39, 0.29) is 17.2 Å². The summed E-state index contributed by atoms with van der Waals surface area (Å²) in [6.45, 7) is 0.342. The smallest absolute Gasteiger partial charge is 0.271 e. The zero-order valence-electron chi connectivity index (χ0n) is 17.4. The number of rotatable bonds is 7. The van der Waals surface area contributed by atoms with Crippen LogP contribution in [0, 0.1) is 0 Å². The van der Waals surface area contributed by atoms with Gasteiger partial charge in [-0.2, -0.15) is 5.10 Å². The summed E-state index contributed by atoms with van der Waals surface area (Å²) in [6.07, 6.45) is 0. The van der Waals surface area contributed by atoms with Crippen LogP contribution in [0.1, 0.15) is 16.1 Å². The number of amides is 1. The van der Waals surface area contributed by atoms with Crippen LogP contribution in [0.2, 0.25) is 0 Å². The average molecular weight is 449 g/mol. The monoisotopic (exact) mass is 448 g/mol. The first-order chi connectivity index (χ1) is 15.6. The topological polar surface area (TPSA) is 106 Å². The molecule has 0 saturated heterocycles. The van der Waals surface area contributed by atoms with Gasteiger partial charge in [0.2, 0.25) is 0 Å². The minimum Gasteiger partial charge on any atom is -0.493 e. The van der Waals surface area contributed by atoms with Crippen LogP contribution in [0.15, 0.2) is 64.8 Å². The van der Waals surface area contributed by atoms with Crippen LogP contribution in [-0.2, 0) is 6.54 Å². The molecule has 162 valence electrons. The van der Waals surface area contributed by atoms with Crippen LogP contribution in [0.3, 0.4) is 0 Å². The van der Waals surface area contributed by atoms with Gasteiger partial charge in [-0.3, -0.25) is 9.59 Å². The Morgan fingerprint density at radius 2 is 1.75 bits per heavy atom. The number of nitrogens with one attached hydrogen (secondary N) is 2. The molecule has 0 saturated carbocycles. The number of benzene rings is 2. The minimum atomic E-state index is -0.357. The van der Waals surface area contributed by atoms with Crippen molar-refractivity contribution in [3.8, 4) is 33.3 Å². The Kier molecular flexibility index (Phi) is 6.27. The maximum absolute atomic E-state index is 12.1. The highest BCUT2D eigenvalue weighted by Gasteiger charge is 2.11. The number of ether oxygens (including phenoxy) is 2. The van der Waals surface area contributed by atoms with Crippen molar-refractivity contribution in [2.24, 2.45) is 0 Å². The summed E-state index contributed by atoms with van der Waals surface area (Å²) in [4.78, 5) is 27.9. The zero-order valence-corrected chi connectivity index (χ0v) is 18.2. The molecule has 2 heterocycles. The first-order valence-electron chi connectivity index (χ1n) is 9.68. The molecule has 2 aromatic heterocycles. The first kappa shape index (κ1) is 21.3. The lowest BCUT2D eigenvalue weighted by Gasteiger charge is -2.08. The molecule has 8 nitrogen and oxygen atoms in total. The van der Waals surface area contributed by atoms with Gasteiger partial charge in [0.15, 0.2) is 11.5 Å². The average Bonchev–Trinajstić information content (AvgIpc) is 3.33. The molecule has 4 rings (SSSR count). The molecule has 0 bridgehead atoms. The summed E-state index contributed by atoms with van der Waals surface area (Å²) < 4.78 is 10.7. The second-order valence-corrected chi connectivity index (χ2v) is 7.65. The molecule has 0 aliphatic carbocycles. The first-order valence-corrected chi connectivity index (χ1v) is 10.6. The second-order valence-electron chi connectivity index (χ2n) is 6.79. The number of methoxy groups -OCH3 is 2. The summed E-state index contributed by atoms with van der Waals surface area (Å²) in [6, 6.07) is 16.2. The fraction of sp³-hybridized carbons (Fsp3) is 0.130. The van der Waals surface area contributed by atoms with Gasteiger partial charge in [0.05, 0.1) is 19.9 Å². The van der Waals surface area contributed by atoms with Crippen LogP contribution in [-0.4, -0.2) is 35.3 Å². The van der Waals surface area contributed by atoms with E-state index >= 15 is 0 Å². The normalized spacial score (nSPS) is 10.6. The SMILES string of the molecule is COc1ccc(-c2csc(-c3ccc(CNC(=O)c4ccc(=O)[nH]n4)cc3)n2)cc1OC. The summed E-state index contributed by atoms with van der Waals surface area (Å²) in [7, 11) is 3.21. The van der Waals surface area contributed by atoms with E-state index < -0.39 is 0 Å². The van der Waals surface area contributed by atoms with Crippen molar-refractivity contribution in [2.45, 2.75) is 6.54 Å². The largest absolute Gasteiger partial charge is 0.493 e. The van der Waals surface area contributed by atoms with Crippen molar-refractivity contribution in [1.82, 2.24) is 20.5 Å². The van der Waals surface area contributed by atoms with Gasteiger partial charge in [0.25, 0.3) is 11.5 Å². The molecule has 2 N–H and O–H groups in total. The lowest BCUT2D eigenvalue weighted by molar-refractivity contribution is 0.0945. The molecule has 0 unspecified atom stereocenters. The Morgan fingerprint density at radius 3 is 2.44 bits per heavy atom. The summed E-state index contributed by atoms with van der Waals surface area (Å²) >= 11 is 1.55. The van der Waals surface area contributed by atoms with Gasteiger partial charge in [-0.25, -0.2) is 10.1 Å². The molecule has 1 amide bonds. The van der Waals surface area contributed by atoms with E-state index in [2.05, 4.69) is 15.5 Å². The molecule has 9 heteroatoms. The Morgan fingerprint density at radius 1 is 1.00 bits per heavy atom. The number of nitrogens with zero attached hydrogens (tertiary/aromatic N) is 2. The standard InChI is InChI=1S/C23H20N4O4S/c1-30-19-9-7-16(11-20(19)31-2)18-13-32-23(25-18)15-5-3-14(4-6-15)12-24-22(29)17-8-10-21(28)27-26-17/h3-11,13H,12H2,1-2H3,(H,24,29)(H,27,28). The quantitative estimate of drug-likeness (QED) is 0.448. The predicted octanol–water partition coefficient (Wildman–Crippen LogP) is 3.51. The van der Waals surface area contributed by atoms with Gasteiger partial charge in [-0.05, 0) is 29.8 Å². The number of carbonyl (C=O) groups is 1. The van der Waals surface area contributed by atoms with E-state index in [9.17, 15) is 9.59 Å². The fourth-order valence-corrected chi connectivity index (χ4v) is 3.88. The van der Waals surface area contributed by atoms with Crippen LogP contribution >= 0.6 is 11.3 Å². The molecule has 0 aliphatic rings. The molecule has 0 atom stereocenters. The summed E-state index contributed by atoms with van der Waals surface area (Å²) in [5, 5.41) is 11.6. The molecular formula is C23H20N4O4S. The molecular weight excluding hydrogens is 428 g/mol. The number of hydrogen-bond acceptors (Lipinski definition) is 7. The van der Waals surface area contributed by atoms with Crippen molar-refractivity contribution in [2.75, 3.05) is 14.2 Å². The van der Waals surface area contributed by atoms with Crippen LogP contribution < -0.4 is 20.3 Å². The zero-order chi connectivity index (χ0) is 22.5. The number of carbonyl (C=O) groups excluding carboxylic acids is 1. The fourth-order valence-electron chi connectivity index (χ4n) is 3.04. The number of hydrogen-bond donors (Lipinski definition) is 2. The van der Waals surface area contributed by atoms with Crippen molar-refractivity contribution < 1.29 is 14.3 Å². The van der Waals surface area contributed by atoms with Crippen LogP contribution in [0.25, 0.3) is 21.8 Å². The molecule has 0 aliphatic heterocycles. The Bertz CT molecular complexity index is 1280. The Labute approximate surface area is 187 Å². The number of H-pyrrole nitrogens is 1. The van der Waals surface area contributed by atoms with Gasteiger partial charge in [-0.1, -0.05) is 24.3 Å². The van der Waals surface area contributed by atoms with Gasteiger partial charge >= 0.3 is 0 Å². The number of aromatic amines is 1. The van der Waals surface area contributed by atoms with Crippen LogP contribution in [0.5, 0.6) is 11.5 Å². The highest BCUT2D eigenvalue weighted by molar-refractivity contribution is 7.13. The van der Waals surface area contributed by atoms with Gasteiger partial charge < -0.3 is 14.8 Å². The maximum Gasteiger partial charge on any atom is 0.271 e. The van der Waals surface area contributed by atoms with Crippen LogP contribution in [0.4, 0.5) is 0 Å². The van der Waals surface area contributed by atoms with E-state index in [1.165, 1.54) is 12.1 Å². The highest BCUT2D eigenvalue weighted by atomic mass is 32.1. The molecule has 4 aromatic rings. The van der Waals surface area contributed by atoms with Gasteiger partial charge in [0.1, 0.15) is 10.7 Å². The lowest BCUT2D eigenvalue weighted by atomic mass is 10.1. The van der Waals surface area contributed by atoms with Crippen molar-refractivity contribution in [3.63, 3.8) is 0 Å². The van der Waals surface area contributed by atoms with Crippen molar-refractivity contribution in [3.05, 3.63) is 81.6 Å². The van der Waals surface area contributed by atoms with Gasteiger partial charge in [0, 0.05) is 29.1 Å². The molecule has 0 fully saturated rings. The minimum absolute atomic E-state index is 0.159. The van der Waals surface area contributed by atoms with Crippen molar-refractivity contribution in [1.29, 1.82) is 0 Å². The third-order valence-corrected chi connectivity index (χ3v) is 5.64. The van der Waals surface area contributed by atoms with E-state index in [0.717, 1.165) is 27.4 Å². The lowest BCUT2D eigenvalue weighted by Crippen LogP contribution is -2.25. The third kappa shape index (κ3) is 4.68. The van der Waals surface area contributed by atoms with Gasteiger partial charge in [-0.15, -0.1) is 11.3 Å². The van der Waals surface area contributed by atoms with E-state index in [0.29, 0.717) is 18.0 Å². The highest BCUT2D eigenvalue weighted by Crippen LogP contribution is 2.34. The van der Waals surface area contributed by atoms with Crippen molar-refractivity contribution >= 4 is 17.2 Å². The third-order valence-electron chi connectivity index (χ3n) is 4.75. The van der Waals surface area contributed by atoms with E-state index in [1.807, 2.05) is 47.8 Å². The number of thiazole rings is 1. The van der Waals surface area contributed by atoms with E-state index in [1.54, 1.807) is 25.6 Å². The summed E-state index contributed by atoms with van der Waals surface area (Å²) in [5.74, 6) is 0.971. The summed E-state index contributed by atoms with van der Waals surface area (Å²) in [5.41, 5.74) is 3.53. The maximum atomic E-state index is 12.1. The Hall–Kier alpha value is -3.98. The van der Waals surface area contributed by atoms with E-state index in [4.69, 9.17) is 14.5 Å². The predicted molar refractivity (Wildman–Crippen MR) is 122 cm³/mol. The molecule has 32 heavy (non-hydrogen) atoms. The second kappa shape index (κ2) is 9.44. The molecule has 0 spiro atoms.